The monoisotopic (exact) mass is 275 g/mol. The standard InChI is InChI=1S/C12H15ClFNOS/c13-11-3-1-2-9(12(11)14)8-15-10-4-6-17(16)7-5-10/h1-3,10,15H,4-8H2. The van der Waals surface area contributed by atoms with Crippen molar-refractivity contribution in [1.29, 1.82) is 0 Å². The van der Waals surface area contributed by atoms with Gasteiger partial charge in [-0.25, -0.2) is 4.39 Å². The molecule has 1 N–H and O–H groups in total. The second-order valence-electron chi connectivity index (χ2n) is 4.22. The predicted octanol–water partition coefficient (Wildman–Crippen LogP) is 2.48. The maximum atomic E-state index is 13.6. The van der Waals surface area contributed by atoms with Crippen molar-refractivity contribution in [3.8, 4) is 0 Å². The van der Waals surface area contributed by atoms with Crippen molar-refractivity contribution in [3.63, 3.8) is 0 Å². The highest BCUT2D eigenvalue weighted by molar-refractivity contribution is 7.85. The van der Waals surface area contributed by atoms with E-state index in [0.717, 1.165) is 24.3 Å². The van der Waals surface area contributed by atoms with Gasteiger partial charge in [0.15, 0.2) is 0 Å². The minimum absolute atomic E-state index is 0.161. The Kier molecular flexibility index (Phi) is 4.54. The van der Waals surface area contributed by atoms with Gasteiger partial charge in [-0.1, -0.05) is 23.7 Å². The van der Waals surface area contributed by atoms with Crippen LogP contribution in [0.4, 0.5) is 4.39 Å². The lowest BCUT2D eigenvalue weighted by molar-refractivity contribution is 0.467. The molecule has 0 atom stereocenters. The van der Waals surface area contributed by atoms with Gasteiger partial charge in [0.1, 0.15) is 5.82 Å². The van der Waals surface area contributed by atoms with Crippen LogP contribution in [0.15, 0.2) is 18.2 Å². The summed E-state index contributed by atoms with van der Waals surface area (Å²) in [4.78, 5) is 0. The van der Waals surface area contributed by atoms with Crippen LogP contribution in [0.1, 0.15) is 18.4 Å². The van der Waals surface area contributed by atoms with E-state index in [1.165, 1.54) is 0 Å². The van der Waals surface area contributed by atoms with Crippen LogP contribution in [0.3, 0.4) is 0 Å². The zero-order chi connectivity index (χ0) is 12.3. The molecule has 0 aliphatic carbocycles. The lowest BCUT2D eigenvalue weighted by Crippen LogP contribution is -2.35. The fraction of sp³-hybridized carbons (Fsp3) is 0.500. The number of hydrogen-bond donors (Lipinski definition) is 1. The first-order chi connectivity index (χ1) is 8.16. The summed E-state index contributed by atoms with van der Waals surface area (Å²) in [7, 11) is -0.652. The van der Waals surface area contributed by atoms with Crippen LogP contribution in [-0.2, 0) is 17.3 Å². The molecule has 1 heterocycles. The van der Waals surface area contributed by atoms with E-state index in [9.17, 15) is 8.60 Å². The Morgan fingerprint density at radius 1 is 1.41 bits per heavy atom. The van der Waals surface area contributed by atoms with Crippen molar-refractivity contribution in [3.05, 3.63) is 34.6 Å². The van der Waals surface area contributed by atoms with Gasteiger partial charge in [-0.05, 0) is 18.9 Å². The Morgan fingerprint density at radius 2 is 2.12 bits per heavy atom. The van der Waals surface area contributed by atoms with E-state index in [1.54, 1.807) is 18.2 Å². The van der Waals surface area contributed by atoms with Gasteiger partial charge in [-0.3, -0.25) is 4.21 Å². The third kappa shape index (κ3) is 3.50. The largest absolute Gasteiger partial charge is 0.310 e. The van der Waals surface area contributed by atoms with Gasteiger partial charge in [0.2, 0.25) is 0 Å². The summed E-state index contributed by atoms with van der Waals surface area (Å²) in [5.74, 6) is 1.15. The van der Waals surface area contributed by atoms with Crippen molar-refractivity contribution >= 4 is 22.4 Å². The first kappa shape index (κ1) is 13.0. The van der Waals surface area contributed by atoms with Crippen molar-refractivity contribution in [2.24, 2.45) is 0 Å². The van der Waals surface area contributed by atoms with Gasteiger partial charge < -0.3 is 5.32 Å². The molecule has 94 valence electrons. The molecule has 0 unspecified atom stereocenters. The molecule has 0 spiro atoms. The highest BCUT2D eigenvalue weighted by Gasteiger charge is 2.17. The molecule has 17 heavy (non-hydrogen) atoms. The molecule has 1 aliphatic rings. The fourth-order valence-electron chi connectivity index (χ4n) is 1.94. The Balaban J connectivity index is 1.89. The van der Waals surface area contributed by atoms with Gasteiger partial charge in [0.25, 0.3) is 0 Å². The van der Waals surface area contributed by atoms with Gasteiger partial charge in [0.05, 0.1) is 5.02 Å². The second kappa shape index (κ2) is 5.94. The molecule has 0 amide bonds. The quantitative estimate of drug-likeness (QED) is 0.918. The van der Waals surface area contributed by atoms with E-state index in [2.05, 4.69) is 5.32 Å². The lowest BCUT2D eigenvalue weighted by atomic mass is 10.1. The van der Waals surface area contributed by atoms with E-state index < -0.39 is 10.8 Å². The van der Waals surface area contributed by atoms with Crippen LogP contribution in [0.25, 0.3) is 0 Å². The molecule has 2 rings (SSSR count). The molecule has 0 aromatic heterocycles. The van der Waals surface area contributed by atoms with Crippen molar-refractivity contribution in [2.45, 2.75) is 25.4 Å². The molecule has 1 saturated heterocycles. The van der Waals surface area contributed by atoms with Crippen LogP contribution in [0, 0.1) is 5.82 Å². The van der Waals surface area contributed by atoms with E-state index in [4.69, 9.17) is 11.6 Å². The summed E-state index contributed by atoms with van der Waals surface area (Å²) in [6.07, 6.45) is 1.80. The van der Waals surface area contributed by atoms with Crippen LogP contribution < -0.4 is 5.32 Å². The average Bonchev–Trinajstić information content (AvgIpc) is 2.33. The van der Waals surface area contributed by atoms with Crippen LogP contribution in [0.5, 0.6) is 0 Å². The van der Waals surface area contributed by atoms with E-state index in [0.29, 0.717) is 18.2 Å². The zero-order valence-electron chi connectivity index (χ0n) is 9.42. The van der Waals surface area contributed by atoms with Crippen molar-refractivity contribution < 1.29 is 8.60 Å². The Labute approximate surface area is 108 Å². The van der Waals surface area contributed by atoms with Crippen LogP contribution in [0.2, 0.25) is 5.02 Å². The molecule has 0 bridgehead atoms. The molecular weight excluding hydrogens is 261 g/mol. The second-order valence-corrected chi connectivity index (χ2v) is 6.32. The molecule has 1 aromatic rings. The molecule has 0 radical (unpaired) electrons. The third-order valence-corrected chi connectivity index (χ3v) is 4.67. The molecule has 1 fully saturated rings. The highest BCUT2D eigenvalue weighted by atomic mass is 35.5. The first-order valence-electron chi connectivity index (χ1n) is 5.68. The smallest absolute Gasteiger partial charge is 0.146 e. The number of benzene rings is 1. The molecule has 0 saturated carbocycles. The maximum absolute atomic E-state index is 13.6. The summed E-state index contributed by atoms with van der Waals surface area (Å²) in [5.41, 5.74) is 0.587. The molecule has 1 aliphatic heterocycles. The predicted molar refractivity (Wildman–Crippen MR) is 69.1 cm³/mol. The summed E-state index contributed by atoms with van der Waals surface area (Å²) in [6.45, 7) is 0.476. The van der Waals surface area contributed by atoms with Crippen molar-refractivity contribution in [1.82, 2.24) is 5.32 Å². The van der Waals surface area contributed by atoms with Crippen LogP contribution in [-0.4, -0.2) is 21.8 Å². The zero-order valence-corrected chi connectivity index (χ0v) is 11.0. The molecule has 2 nitrogen and oxygen atoms in total. The minimum Gasteiger partial charge on any atom is -0.310 e. The number of nitrogens with one attached hydrogen (secondary N) is 1. The third-order valence-electron chi connectivity index (χ3n) is 3.00. The number of hydrogen-bond acceptors (Lipinski definition) is 2. The molecule has 5 heteroatoms. The fourth-order valence-corrected chi connectivity index (χ4v) is 3.43. The summed E-state index contributed by atoms with van der Waals surface area (Å²) >= 11 is 5.71. The lowest BCUT2D eigenvalue weighted by Gasteiger charge is -2.22. The van der Waals surface area contributed by atoms with Crippen LogP contribution >= 0.6 is 11.6 Å². The summed E-state index contributed by atoms with van der Waals surface area (Å²) < 4.78 is 24.8. The first-order valence-corrected chi connectivity index (χ1v) is 7.54. The number of halogens is 2. The Morgan fingerprint density at radius 3 is 2.82 bits per heavy atom. The molecular formula is C12H15ClFNOS. The summed E-state index contributed by atoms with van der Waals surface area (Å²) in [5, 5.41) is 3.45. The normalized spacial score (nSPS) is 24.8. The minimum atomic E-state index is -0.652. The number of rotatable bonds is 3. The maximum Gasteiger partial charge on any atom is 0.146 e. The van der Waals surface area contributed by atoms with E-state index in [-0.39, 0.29) is 10.8 Å². The van der Waals surface area contributed by atoms with Crippen molar-refractivity contribution in [2.75, 3.05) is 11.5 Å². The van der Waals surface area contributed by atoms with Gasteiger partial charge >= 0.3 is 0 Å². The average molecular weight is 276 g/mol. The topological polar surface area (TPSA) is 29.1 Å². The van der Waals surface area contributed by atoms with E-state index in [1.807, 2.05) is 0 Å². The van der Waals surface area contributed by atoms with Gasteiger partial charge in [0, 0.05) is 40.5 Å². The molecule has 1 aromatic carbocycles. The SMILES string of the molecule is O=S1CCC(NCc2cccc(Cl)c2F)CC1. The van der Waals surface area contributed by atoms with E-state index >= 15 is 0 Å². The Bertz CT molecular complexity index is 417. The van der Waals surface area contributed by atoms with Gasteiger partial charge in [-0.15, -0.1) is 0 Å². The Hall–Kier alpha value is -0.450. The highest BCUT2D eigenvalue weighted by Crippen LogP contribution is 2.18. The van der Waals surface area contributed by atoms with Gasteiger partial charge in [-0.2, -0.15) is 0 Å². The summed E-state index contributed by atoms with van der Waals surface area (Å²) in [6, 6.07) is 5.36.